The van der Waals surface area contributed by atoms with Crippen molar-refractivity contribution in [2.45, 2.75) is 25.2 Å². The summed E-state index contributed by atoms with van der Waals surface area (Å²) in [6.45, 7) is 3.21. The topological polar surface area (TPSA) is 38.3 Å². The lowest BCUT2D eigenvalue weighted by molar-refractivity contribution is -0.125. The minimum atomic E-state index is -0.542. The SMILES string of the molecule is Cc1cc(NC(=O)C2(c3ccc(Br)cc3)CCOCC2)ccc1Br. The molecule has 0 aromatic heterocycles. The second kappa shape index (κ2) is 7.38. The van der Waals surface area contributed by atoms with Crippen LogP contribution in [0.4, 0.5) is 5.69 Å². The van der Waals surface area contributed by atoms with Crippen molar-refractivity contribution < 1.29 is 9.53 Å². The number of amides is 1. The van der Waals surface area contributed by atoms with Crippen LogP contribution in [0.2, 0.25) is 0 Å². The summed E-state index contributed by atoms with van der Waals surface area (Å²) in [5.41, 5.74) is 2.42. The van der Waals surface area contributed by atoms with Gasteiger partial charge in [-0.2, -0.15) is 0 Å². The third-order valence-electron chi connectivity index (χ3n) is 4.59. The number of carbonyl (C=O) groups is 1. The lowest BCUT2D eigenvalue weighted by atomic mass is 9.73. The Hall–Kier alpha value is -1.17. The average Bonchev–Trinajstić information content (AvgIpc) is 2.59. The number of halogens is 2. The van der Waals surface area contributed by atoms with E-state index >= 15 is 0 Å². The van der Waals surface area contributed by atoms with E-state index in [1.54, 1.807) is 0 Å². The third kappa shape index (κ3) is 3.58. The fourth-order valence-corrected chi connectivity index (χ4v) is 3.62. The normalized spacial score (nSPS) is 16.6. The van der Waals surface area contributed by atoms with Crippen molar-refractivity contribution in [2.75, 3.05) is 18.5 Å². The lowest BCUT2D eigenvalue weighted by Gasteiger charge is -2.36. The second-order valence-electron chi connectivity index (χ2n) is 6.12. The summed E-state index contributed by atoms with van der Waals surface area (Å²) >= 11 is 6.96. The monoisotopic (exact) mass is 451 g/mol. The van der Waals surface area contributed by atoms with Crippen molar-refractivity contribution in [1.82, 2.24) is 0 Å². The van der Waals surface area contributed by atoms with E-state index in [0.29, 0.717) is 26.1 Å². The Morgan fingerprint density at radius 3 is 2.38 bits per heavy atom. The smallest absolute Gasteiger partial charge is 0.235 e. The number of carbonyl (C=O) groups excluding carboxylic acids is 1. The first-order valence-corrected chi connectivity index (χ1v) is 9.51. The summed E-state index contributed by atoms with van der Waals surface area (Å²) < 4.78 is 7.56. The molecule has 0 aliphatic carbocycles. The van der Waals surface area contributed by atoms with Crippen LogP contribution in [0.3, 0.4) is 0 Å². The van der Waals surface area contributed by atoms with Gasteiger partial charge in [-0.25, -0.2) is 0 Å². The molecule has 5 heteroatoms. The molecule has 0 radical (unpaired) electrons. The van der Waals surface area contributed by atoms with Crippen molar-refractivity contribution in [3.63, 3.8) is 0 Å². The van der Waals surface area contributed by atoms with Gasteiger partial charge < -0.3 is 10.1 Å². The maximum absolute atomic E-state index is 13.2. The van der Waals surface area contributed by atoms with Crippen LogP contribution in [0.25, 0.3) is 0 Å². The molecular weight excluding hydrogens is 434 g/mol. The molecule has 1 saturated heterocycles. The van der Waals surface area contributed by atoms with Gasteiger partial charge in [-0.3, -0.25) is 4.79 Å². The summed E-state index contributed by atoms with van der Waals surface area (Å²) in [7, 11) is 0. The lowest BCUT2D eigenvalue weighted by Crippen LogP contribution is -2.44. The van der Waals surface area contributed by atoms with Crippen molar-refractivity contribution in [3.05, 3.63) is 62.5 Å². The van der Waals surface area contributed by atoms with Crippen LogP contribution in [0.1, 0.15) is 24.0 Å². The standard InChI is InChI=1S/C19H19Br2NO2/c1-13-12-16(6-7-17(13)21)22-18(23)19(8-10-24-11-9-19)14-2-4-15(20)5-3-14/h2-7,12H,8-11H2,1H3,(H,22,23). The fourth-order valence-electron chi connectivity index (χ4n) is 3.11. The summed E-state index contributed by atoms with van der Waals surface area (Å²) in [5.74, 6) is 0.0369. The molecule has 0 bridgehead atoms. The van der Waals surface area contributed by atoms with E-state index in [1.807, 2.05) is 49.4 Å². The first-order valence-electron chi connectivity index (χ1n) is 7.93. The zero-order valence-corrected chi connectivity index (χ0v) is 16.6. The van der Waals surface area contributed by atoms with Crippen LogP contribution >= 0.6 is 31.9 Å². The molecule has 2 aromatic carbocycles. The average molecular weight is 453 g/mol. The van der Waals surface area contributed by atoms with Crippen LogP contribution in [0.15, 0.2) is 51.4 Å². The van der Waals surface area contributed by atoms with E-state index in [1.165, 1.54) is 0 Å². The largest absolute Gasteiger partial charge is 0.381 e. The molecule has 126 valence electrons. The van der Waals surface area contributed by atoms with Gasteiger partial charge in [0, 0.05) is 27.8 Å². The maximum Gasteiger partial charge on any atom is 0.235 e. The molecule has 0 spiro atoms. The Bertz CT molecular complexity index is 738. The van der Waals surface area contributed by atoms with Gasteiger partial charge in [0.2, 0.25) is 5.91 Å². The van der Waals surface area contributed by atoms with Gasteiger partial charge in [0.25, 0.3) is 0 Å². The summed E-state index contributed by atoms with van der Waals surface area (Å²) in [4.78, 5) is 13.2. The third-order valence-corrected chi connectivity index (χ3v) is 6.01. The molecule has 0 unspecified atom stereocenters. The van der Waals surface area contributed by atoms with Crippen molar-refractivity contribution in [1.29, 1.82) is 0 Å². The number of nitrogens with one attached hydrogen (secondary N) is 1. The first-order chi connectivity index (χ1) is 11.5. The highest BCUT2D eigenvalue weighted by atomic mass is 79.9. The Morgan fingerprint density at radius 1 is 1.08 bits per heavy atom. The van der Waals surface area contributed by atoms with Gasteiger partial charge >= 0.3 is 0 Å². The predicted molar refractivity (Wildman–Crippen MR) is 103 cm³/mol. The van der Waals surface area contributed by atoms with Crippen LogP contribution in [-0.4, -0.2) is 19.1 Å². The fraction of sp³-hybridized carbons (Fsp3) is 0.316. The van der Waals surface area contributed by atoms with Crippen LogP contribution in [0.5, 0.6) is 0 Å². The Labute approximate surface area is 159 Å². The van der Waals surface area contributed by atoms with Gasteiger partial charge in [-0.15, -0.1) is 0 Å². The zero-order valence-electron chi connectivity index (χ0n) is 13.4. The number of benzene rings is 2. The molecular formula is C19H19Br2NO2. The summed E-state index contributed by atoms with van der Waals surface area (Å²) in [6, 6.07) is 13.9. The molecule has 3 rings (SSSR count). The van der Waals surface area contributed by atoms with Gasteiger partial charge in [0.1, 0.15) is 0 Å². The minimum Gasteiger partial charge on any atom is -0.381 e. The Balaban J connectivity index is 1.91. The molecule has 1 fully saturated rings. The highest BCUT2D eigenvalue weighted by Gasteiger charge is 2.41. The van der Waals surface area contributed by atoms with Gasteiger partial charge in [-0.05, 0) is 61.2 Å². The number of rotatable bonds is 3. The van der Waals surface area contributed by atoms with E-state index in [0.717, 1.165) is 25.8 Å². The molecule has 1 heterocycles. The Morgan fingerprint density at radius 2 is 1.75 bits per heavy atom. The molecule has 3 nitrogen and oxygen atoms in total. The van der Waals surface area contributed by atoms with Gasteiger partial charge in [0.15, 0.2) is 0 Å². The van der Waals surface area contributed by atoms with Gasteiger partial charge in [-0.1, -0.05) is 44.0 Å². The minimum absolute atomic E-state index is 0.0369. The van der Waals surface area contributed by atoms with E-state index in [9.17, 15) is 4.79 Å². The number of anilines is 1. The molecule has 2 aromatic rings. The van der Waals surface area contributed by atoms with E-state index < -0.39 is 5.41 Å². The van der Waals surface area contributed by atoms with E-state index in [2.05, 4.69) is 37.2 Å². The zero-order chi connectivity index (χ0) is 17.2. The number of ether oxygens (including phenoxy) is 1. The molecule has 0 saturated carbocycles. The highest BCUT2D eigenvalue weighted by molar-refractivity contribution is 9.10. The van der Waals surface area contributed by atoms with Crippen molar-refractivity contribution in [2.24, 2.45) is 0 Å². The number of aryl methyl sites for hydroxylation is 1. The van der Waals surface area contributed by atoms with Gasteiger partial charge in [0.05, 0.1) is 5.41 Å². The predicted octanol–water partition coefficient (Wildman–Crippen LogP) is 5.21. The van der Waals surface area contributed by atoms with E-state index in [-0.39, 0.29) is 5.91 Å². The number of hydrogen-bond acceptors (Lipinski definition) is 2. The van der Waals surface area contributed by atoms with Crippen LogP contribution in [0, 0.1) is 6.92 Å². The first kappa shape index (κ1) is 17.6. The molecule has 1 aliphatic rings. The van der Waals surface area contributed by atoms with Crippen molar-refractivity contribution in [3.8, 4) is 0 Å². The highest BCUT2D eigenvalue weighted by Crippen LogP contribution is 2.37. The van der Waals surface area contributed by atoms with Crippen LogP contribution < -0.4 is 5.32 Å². The summed E-state index contributed by atoms with van der Waals surface area (Å²) in [5, 5.41) is 3.11. The quantitative estimate of drug-likeness (QED) is 0.694. The molecule has 0 atom stereocenters. The second-order valence-corrected chi connectivity index (χ2v) is 7.89. The van der Waals surface area contributed by atoms with E-state index in [4.69, 9.17) is 4.74 Å². The summed E-state index contributed by atoms with van der Waals surface area (Å²) in [6.07, 6.45) is 1.38. The molecule has 24 heavy (non-hydrogen) atoms. The van der Waals surface area contributed by atoms with Crippen LogP contribution in [-0.2, 0) is 14.9 Å². The Kier molecular flexibility index (Phi) is 5.42. The molecule has 1 amide bonds. The maximum atomic E-state index is 13.2. The molecule has 1 aliphatic heterocycles. The molecule has 1 N–H and O–H groups in total. The van der Waals surface area contributed by atoms with Crippen molar-refractivity contribution >= 4 is 43.5 Å². The number of hydrogen-bond donors (Lipinski definition) is 1.